The van der Waals surface area contributed by atoms with Gasteiger partial charge < -0.3 is 23.7 Å². The Bertz CT molecular complexity index is 1650. The van der Waals surface area contributed by atoms with E-state index in [2.05, 4.69) is 5.43 Å². The number of hydrogen-bond donors (Lipinski definition) is 1. The van der Waals surface area contributed by atoms with E-state index in [0.29, 0.717) is 15.1 Å². The minimum Gasteiger partial charge on any atom is -0.497 e. The van der Waals surface area contributed by atoms with Crippen LogP contribution in [0.3, 0.4) is 0 Å². The van der Waals surface area contributed by atoms with Crippen LogP contribution in [0.1, 0.15) is 31.9 Å². The van der Waals surface area contributed by atoms with Gasteiger partial charge >= 0.3 is 12.2 Å². The first-order valence-electron chi connectivity index (χ1n) is 13.7. The van der Waals surface area contributed by atoms with Crippen molar-refractivity contribution in [3.63, 3.8) is 0 Å². The molecule has 3 amide bonds. The molecule has 4 rings (SSSR count). The molecule has 0 bridgehead atoms. The van der Waals surface area contributed by atoms with E-state index in [9.17, 15) is 22.8 Å². The van der Waals surface area contributed by atoms with E-state index < -0.39 is 33.7 Å². The number of fused-ring (bicyclic) bond motifs is 1. The van der Waals surface area contributed by atoms with Crippen molar-refractivity contribution in [1.29, 1.82) is 0 Å². The highest BCUT2D eigenvalue weighted by molar-refractivity contribution is 7.93. The smallest absolute Gasteiger partial charge is 0.430 e. The van der Waals surface area contributed by atoms with E-state index in [1.165, 1.54) is 62.8 Å². The molecule has 0 spiro atoms. The Morgan fingerprint density at radius 2 is 1.55 bits per heavy atom. The second kappa shape index (κ2) is 13.1. The quantitative estimate of drug-likeness (QED) is 0.324. The van der Waals surface area contributed by atoms with Crippen LogP contribution in [0, 0.1) is 0 Å². The van der Waals surface area contributed by atoms with Crippen molar-refractivity contribution in [2.45, 2.75) is 31.2 Å². The topological polar surface area (TPSA) is 150 Å². The number of ether oxygens (including phenoxy) is 5. The third kappa shape index (κ3) is 5.43. The summed E-state index contributed by atoms with van der Waals surface area (Å²) in [5, 5.41) is 0.654. The van der Waals surface area contributed by atoms with Gasteiger partial charge in [-0.25, -0.2) is 23.4 Å². The summed E-state index contributed by atoms with van der Waals surface area (Å²) in [7, 11) is -2.05. The first-order valence-corrected chi connectivity index (χ1v) is 15.1. The van der Waals surface area contributed by atoms with Crippen LogP contribution in [0.25, 0.3) is 0 Å². The standard InChI is InChI=1S/C30H33N3O10S/c1-6-41-22-14-16-24-23(18-22)30(20-12-10-9-11-13-20,33(29(36)43-8-3)31-28(35)42-7-2)27(34)32(24)44(37,38)26-17-15-21(39-4)19-25(26)40-5/h9-19H,6-8H2,1-5H3,(H,31,35). The highest BCUT2D eigenvalue weighted by Gasteiger charge is 2.62. The van der Waals surface area contributed by atoms with E-state index >= 15 is 0 Å². The zero-order valence-corrected chi connectivity index (χ0v) is 25.7. The fraction of sp³-hybridized carbons (Fsp3) is 0.300. The Labute approximate surface area is 255 Å². The van der Waals surface area contributed by atoms with Gasteiger partial charge in [-0.15, -0.1) is 0 Å². The Morgan fingerprint density at radius 3 is 2.16 bits per heavy atom. The highest BCUT2D eigenvalue weighted by atomic mass is 32.2. The number of hydrogen-bond acceptors (Lipinski definition) is 10. The molecule has 44 heavy (non-hydrogen) atoms. The van der Waals surface area contributed by atoms with Gasteiger partial charge in [0.15, 0.2) is 5.54 Å². The predicted octanol–water partition coefficient (Wildman–Crippen LogP) is 4.20. The van der Waals surface area contributed by atoms with Gasteiger partial charge in [0.1, 0.15) is 22.1 Å². The van der Waals surface area contributed by atoms with Crippen molar-refractivity contribution in [3.8, 4) is 17.2 Å². The van der Waals surface area contributed by atoms with Gasteiger partial charge in [0.2, 0.25) is 0 Å². The molecule has 0 saturated heterocycles. The molecule has 0 aromatic heterocycles. The summed E-state index contributed by atoms with van der Waals surface area (Å²) in [6.07, 6.45) is -2.23. The molecule has 3 aromatic carbocycles. The zero-order valence-electron chi connectivity index (χ0n) is 24.9. The molecule has 0 aliphatic carbocycles. The van der Waals surface area contributed by atoms with E-state index in [1.807, 2.05) is 0 Å². The summed E-state index contributed by atoms with van der Waals surface area (Å²) >= 11 is 0. The molecule has 1 aliphatic heterocycles. The van der Waals surface area contributed by atoms with Gasteiger partial charge in [-0.2, -0.15) is 9.31 Å². The second-order valence-electron chi connectivity index (χ2n) is 9.15. The van der Waals surface area contributed by atoms with Crippen molar-refractivity contribution in [1.82, 2.24) is 10.4 Å². The van der Waals surface area contributed by atoms with Crippen LogP contribution in [-0.2, 0) is 29.8 Å². The fourth-order valence-electron chi connectivity index (χ4n) is 4.95. The van der Waals surface area contributed by atoms with Crippen LogP contribution in [0.2, 0.25) is 0 Å². The molecule has 1 N–H and O–H groups in total. The summed E-state index contributed by atoms with van der Waals surface area (Å²) in [6.45, 7) is 4.91. The van der Waals surface area contributed by atoms with Gasteiger partial charge in [0.05, 0.1) is 39.7 Å². The number of hydrazine groups is 1. The third-order valence-electron chi connectivity index (χ3n) is 6.73. The van der Waals surface area contributed by atoms with Gasteiger partial charge in [0, 0.05) is 11.6 Å². The molecule has 1 heterocycles. The maximum absolute atomic E-state index is 15.0. The molecule has 0 fully saturated rings. The van der Waals surface area contributed by atoms with E-state index in [1.54, 1.807) is 39.0 Å². The van der Waals surface area contributed by atoms with Crippen LogP contribution >= 0.6 is 0 Å². The molecule has 1 unspecified atom stereocenters. The fourth-order valence-corrected chi connectivity index (χ4v) is 6.55. The van der Waals surface area contributed by atoms with Crippen molar-refractivity contribution in [2.24, 2.45) is 0 Å². The number of sulfonamides is 1. The number of methoxy groups -OCH3 is 2. The largest absolute Gasteiger partial charge is 0.497 e. The minimum atomic E-state index is -4.74. The molecular weight excluding hydrogens is 594 g/mol. The predicted molar refractivity (Wildman–Crippen MR) is 158 cm³/mol. The van der Waals surface area contributed by atoms with Gasteiger partial charge in [-0.05, 0) is 56.7 Å². The summed E-state index contributed by atoms with van der Waals surface area (Å²) in [6, 6.07) is 16.3. The highest BCUT2D eigenvalue weighted by Crippen LogP contribution is 2.51. The lowest BCUT2D eigenvalue weighted by Crippen LogP contribution is -2.63. The minimum absolute atomic E-state index is 0.0144. The number of rotatable bonds is 10. The number of carbonyl (C=O) groups is 3. The molecule has 1 atom stereocenters. The molecule has 1 aliphatic rings. The number of carbonyl (C=O) groups excluding carboxylic acids is 3. The average Bonchev–Trinajstić information content (AvgIpc) is 3.28. The maximum atomic E-state index is 15.0. The van der Waals surface area contributed by atoms with Crippen molar-refractivity contribution >= 4 is 33.8 Å². The van der Waals surface area contributed by atoms with Crippen LogP contribution < -0.4 is 23.9 Å². The van der Waals surface area contributed by atoms with Gasteiger partial charge in [-0.3, -0.25) is 4.79 Å². The molecule has 0 saturated carbocycles. The maximum Gasteiger partial charge on any atom is 0.430 e. The first-order chi connectivity index (χ1) is 21.1. The van der Waals surface area contributed by atoms with Crippen molar-refractivity contribution in [2.75, 3.05) is 38.3 Å². The zero-order chi connectivity index (χ0) is 32.1. The lowest BCUT2D eigenvalue weighted by Gasteiger charge is -2.38. The summed E-state index contributed by atoms with van der Waals surface area (Å²) in [4.78, 5) is 41.1. The molecule has 14 heteroatoms. The second-order valence-corrected chi connectivity index (χ2v) is 10.9. The summed E-state index contributed by atoms with van der Waals surface area (Å²) in [5.74, 6) is -0.606. The Hall–Kier alpha value is -4.98. The number of benzene rings is 3. The third-order valence-corrected chi connectivity index (χ3v) is 8.46. The molecule has 3 aromatic rings. The van der Waals surface area contributed by atoms with Crippen LogP contribution in [-0.4, -0.2) is 65.6 Å². The summed E-state index contributed by atoms with van der Waals surface area (Å²) in [5.41, 5.74) is 0.0792. The SMILES string of the molecule is CCOC(=O)NN(C(=O)OCC)C1(c2ccccc2)C(=O)N(S(=O)(=O)c2ccc(OC)cc2OC)c2ccc(OCC)cc21. The van der Waals surface area contributed by atoms with E-state index in [-0.39, 0.29) is 53.0 Å². The van der Waals surface area contributed by atoms with Crippen LogP contribution in [0.5, 0.6) is 17.2 Å². The Kier molecular flexibility index (Phi) is 9.53. The molecule has 13 nitrogen and oxygen atoms in total. The van der Waals surface area contributed by atoms with Gasteiger partial charge in [-0.1, -0.05) is 30.3 Å². The Morgan fingerprint density at radius 1 is 0.864 bits per heavy atom. The monoisotopic (exact) mass is 627 g/mol. The van der Waals surface area contributed by atoms with Gasteiger partial charge in [0.25, 0.3) is 15.9 Å². The van der Waals surface area contributed by atoms with Crippen LogP contribution in [0.15, 0.2) is 71.6 Å². The van der Waals surface area contributed by atoms with Crippen LogP contribution in [0.4, 0.5) is 15.3 Å². The lowest BCUT2D eigenvalue weighted by molar-refractivity contribution is -0.127. The number of nitrogens with one attached hydrogen (secondary N) is 1. The normalized spacial score (nSPS) is 15.7. The molecule has 0 radical (unpaired) electrons. The number of amides is 3. The lowest BCUT2D eigenvalue weighted by atomic mass is 9.83. The van der Waals surface area contributed by atoms with Crippen molar-refractivity contribution in [3.05, 3.63) is 77.9 Å². The number of nitrogens with zero attached hydrogens (tertiary/aromatic N) is 2. The van der Waals surface area contributed by atoms with E-state index in [4.69, 9.17) is 23.7 Å². The average molecular weight is 628 g/mol. The number of anilines is 1. The molecular formula is C30H33N3O10S. The molecule has 234 valence electrons. The van der Waals surface area contributed by atoms with Crippen molar-refractivity contribution < 1.29 is 46.5 Å². The summed E-state index contributed by atoms with van der Waals surface area (Å²) < 4.78 is 56.1. The Balaban J connectivity index is 2.10. The van der Waals surface area contributed by atoms with E-state index in [0.717, 1.165) is 0 Å². The first kappa shape index (κ1) is 31.9.